The van der Waals surface area contributed by atoms with Gasteiger partial charge < -0.3 is 25.6 Å². The van der Waals surface area contributed by atoms with E-state index in [9.17, 15) is 23.8 Å². The minimum Gasteiger partial charge on any atom is -0.387 e. The molecule has 1 amide bonds. The number of carbonyl (C=O) groups is 1. The summed E-state index contributed by atoms with van der Waals surface area (Å²) in [4.78, 5) is 24.5. The van der Waals surface area contributed by atoms with Crippen LogP contribution in [-0.2, 0) is 9.53 Å². The molecule has 3 aromatic rings. The van der Waals surface area contributed by atoms with Gasteiger partial charge in [0, 0.05) is 7.05 Å². The molecule has 1 fully saturated rings. The van der Waals surface area contributed by atoms with E-state index in [-0.39, 0.29) is 28.5 Å². The molecule has 4 rings (SSSR count). The van der Waals surface area contributed by atoms with Gasteiger partial charge in [0.1, 0.15) is 17.9 Å². The number of imidazole rings is 1. The summed E-state index contributed by atoms with van der Waals surface area (Å²) in [6.45, 7) is -0.683. The van der Waals surface area contributed by atoms with E-state index in [0.717, 1.165) is 0 Å². The maximum atomic E-state index is 12.7. The van der Waals surface area contributed by atoms with Gasteiger partial charge in [-0.15, -0.1) is 5.10 Å². The number of aliphatic hydroxyl groups is 2. The van der Waals surface area contributed by atoms with Crippen LogP contribution in [0, 0.1) is 0 Å². The molecule has 4 atom stereocenters. The molecule has 5 N–H and O–H groups in total. The van der Waals surface area contributed by atoms with E-state index in [1.807, 2.05) is 0 Å². The monoisotopic (exact) mass is 425 g/mol. The molecule has 160 valence electrons. The first kappa shape index (κ1) is 20.0. The molecule has 1 aliphatic rings. The van der Waals surface area contributed by atoms with Crippen LogP contribution in [0.5, 0.6) is 0 Å². The number of aromatic amines is 1. The van der Waals surface area contributed by atoms with Crippen molar-refractivity contribution in [2.24, 2.45) is 0 Å². The van der Waals surface area contributed by atoms with E-state index < -0.39 is 43.4 Å². The Morgan fingerprint density at radius 3 is 2.83 bits per heavy atom. The second-order valence-electron chi connectivity index (χ2n) is 6.39. The van der Waals surface area contributed by atoms with E-state index >= 15 is 0 Å². The first-order valence-corrected chi connectivity index (χ1v) is 8.77. The summed E-state index contributed by atoms with van der Waals surface area (Å²) in [5.74, 6) is -0.565. The highest BCUT2D eigenvalue weighted by Gasteiger charge is 2.47. The second-order valence-corrected chi connectivity index (χ2v) is 6.39. The standard InChI is InChI=1S/C15H17F2N9O4/c1-18-14(29)10-8(27)9(28)15(30-10)26-4-20-7-12(19-3-6(16)17)22-11(23-13(7)26)5-2-21-25-24-5/h2,4,6,8-10,15,27-28H,3H2,1H3,(H,18,29)(H,19,22,23)(H,21,24,25)/t8-,9+,10-,15?/m0/s1. The molecule has 0 bridgehead atoms. The third kappa shape index (κ3) is 3.42. The van der Waals surface area contributed by atoms with Gasteiger partial charge in [-0.05, 0) is 0 Å². The number of H-pyrrole nitrogens is 1. The van der Waals surface area contributed by atoms with Crippen LogP contribution in [0.15, 0.2) is 12.5 Å². The van der Waals surface area contributed by atoms with Crippen LogP contribution in [0.2, 0.25) is 0 Å². The van der Waals surface area contributed by atoms with Gasteiger partial charge in [0.05, 0.1) is 19.1 Å². The Bertz CT molecular complexity index is 1040. The number of nitrogens with zero attached hydrogens (tertiary/aromatic N) is 6. The zero-order chi connectivity index (χ0) is 21.4. The summed E-state index contributed by atoms with van der Waals surface area (Å²) in [6, 6.07) is 0. The third-order valence-electron chi connectivity index (χ3n) is 4.51. The number of fused-ring (bicyclic) bond motifs is 1. The summed E-state index contributed by atoms with van der Waals surface area (Å²) < 4.78 is 32.2. The molecular formula is C15H17F2N9O4. The van der Waals surface area contributed by atoms with Crippen molar-refractivity contribution < 1.29 is 28.5 Å². The number of hydrogen-bond acceptors (Lipinski definition) is 10. The quantitative estimate of drug-likeness (QED) is 0.317. The number of likely N-dealkylation sites (N-methyl/N-ethyl adjacent to an activating group) is 1. The van der Waals surface area contributed by atoms with Crippen molar-refractivity contribution in [3.8, 4) is 11.5 Å². The van der Waals surface area contributed by atoms with Gasteiger partial charge in [0.25, 0.3) is 12.3 Å². The fourth-order valence-electron chi connectivity index (χ4n) is 3.07. The highest BCUT2D eigenvalue weighted by atomic mass is 19.3. The number of anilines is 1. The summed E-state index contributed by atoms with van der Waals surface area (Å²) >= 11 is 0. The number of alkyl halides is 2. The maximum absolute atomic E-state index is 12.7. The largest absolute Gasteiger partial charge is 0.387 e. The van der Waals surface area contributed by atoms with E-state index in [2.05, 4.69) is 41.0 Å². The Hall–Kier alpha value is -3.30. The van der Waals surface area contributed by atoms with Crippen LogP contribution in [0.4, 0.5) is 14.6 Å². The molecular weight excluding hydrogens is 408 g/mol. The number of halogens is 2. The average molecular weight is 425 g/mol. The van der Waals surface area contributed by atoms with Gasteiger partial charge in [-0.3, -0.25) is 14.5 Å². The zero-order valence-electron chi connectivity index (χ0n) is 15.4. The molecule has 0 saturated carbocycles. The van der Waals surface area contributed by atoms with Crippen LogP contribution in [0.1, 0.15) is 6.23 Å². The van der Waals surface area contributed by atoms with Crippen molar-refractivity contribution in [3.05, 3.63) is 12.5 Å². The van der Waals surface area contributed by atoms with Gasteiger partial charge in [-0.1, -0.05) is 5.21 Å². The number of hydrogen-bond donors (Lipinski definition) is 5. The first-order chi connectivity index (χ1) is 14.4. The van der Waals surface area contributed by atoms with Crippen molar-refractivity contribution in [2.75, 3.05) is 18.9 Å². The molecule has 1 unspecified atom stereocenters. The normalized spacial score (nSPS) is 23.9. The lowest BCUT2D eigenvalue weighted by Gasteiger charge is -2.17. The Labute approximate surface area is 166 Å². The van der Waals surface area contributed by atoms with Crippen molar-refractivity contribution in [1.82, 2.24) is 40.2 Å². The maximum Gasteiger partial charge on any atom is 0.255 e. The van der Waals surface area contributed by atoms with Crippen LogP contribution in [0.25, 0.3) is 22.7 Å². The topological polar surface area (TPSA) is 176 Å². The minimum atomic E-state index is -2.64. The van der Waals surface area contributed by atoms with E-state index in [1.54, 1.807) is 0 Å². The zero-order valence-corrected chi connectivity index (χ0v) is 15.4. The molecule has 1 aliphatic heterocycles. The van der Waals surface area contributed by atoms with Crippen LogP contribution < -0.4 is 10.6 Å². The number of carbonyl (C=O) groups excluding carboxylic acids is 1. The summed E-state index contributed by atoms with van der Waals surface area (Å²) in [6.07, 6.45) is -5.50. The van der Waals surface area contributed by atoms with Crippen LogP contribution >= 0.6 is 0 Å². The Kier molecular flexibility index (Phi) is 5.23. The number of aliphatic hydroxyl groups excluding tert-OH is 2. The van der Waals surface area contributed by atoms with Gasteiger partial charge in [-0.2, -0.15) is 0 Å². The predicted molar refractivity (Wildman–Crippen MR) is 95.2 cm³/mol. The number of amides is 1. The Balaban J connectivity index is 1.79. The van der Waals surface area contributed by atoms with Crippen molar-refractivity contribution in [3.63, 3.8) is 0 Å². The van der Waals surface area contributed by atoms with Crippen molar-refractivity contribution in [2.45, 2.75) is 31.0 Å². The highest BCUT2D eigenvalue weighted by Crippen LogP contribution is 2.33. The van der Waals surface area contributed by atoms with Gasteiger partial charge in [-0.25, -0.2) is 23.7 Å². The van der Waals surface area contributed by atoms with Crippen LogP contribution in [0.3, 0.4) is 0 Å². The Morgan fingerprint density at radius 2 is 2.17 bits per heavy atom. The number of ether oxygens (including phenoxy) is 1. The molecule has 4 heterocycles. The lowest BCUT2D eigenvalue weighted by Crippen LogP contribution is -2.41. The van der Waals surface area contributed by atoms with E-state index in [4.69, 9.17) is 4.74 Å². The lowest BCUT2D eigenvalue weighted by atomic mass is 10.1. The average Bonchev–Trinajstić information content (AvgIpc) is 3.46. The number of rotatable bonds is 6. The predicted octanol–water partition coefficient (Wildman–Crippen LogP) is -1.35. The van der Waals surface area contributed by atoms with Gasteiger partial charge in [0.2, 0.25) is 0 Å². The van der Waals surface area contributed by atoms with Crippen LogP contribution in [-0.4, -0.2) is 89.4 Å². The number of aromatic nitrogens is 7. The lowest BCUT2D eigenvalue weighted by molar-refractivity contribution is -0.137. The van der Waals surface area contributed by atoms with E-state index in [1.165, 1.54) is 24.1 Å². The molecule has 0 aromatic carbocycles. The fraction of sp³-hybridized carbons (Fsp3) is 0.467. The molecule has 30 heavy (non-hydrogen) atoms. The van der Waals surface area contributed by atoms with Gasteiger partial charge >= 0.3 is 0 Å². The second kappa shape index (κ2) is 7.85. The third-order valence-corrected chi connectivity index (χ3v) is 4.51. The molecule has 3 aromatic heterocycles. The summed E-state index contributed by atoms with van der Waals surface area (Å²) in [5, 5.41) is 35.3. The van der Waals surface area contributed by atoms with Crippen molar-refractivity contribution >= 4 is 22.9 Å². The fourth-order valence-corrected chi connectivity index (χ4v) is 3.07. The minimum absolute atomic E-state index is 0.00735. The first-order valence-electron chi connectivity index (χ1n) is 8.77. The molecule has 0 aliphatic carbocycles. The van der Waals surface area contributed by atoms with Crippen molar-refractivity contribution in [1.29, 1.82) is 0 Å². The molecule has 13 nitrogen and oxygen atoms in total. The molecule has 0 spiro atoms. The Morgan fingerprint density at radius 1 is 1.37 bits per heavy atom. The smallest absolute Gasteiger partial charge is 0.255 e. The summed E-state index contributed by atoms with van der Waals surface area (Å²) in [7, 11) is 1.36. The highest BCUT2D eigenvalue weighted by molar-refractivity contribution is 5.85. The SMILES string of the molecule is CNC(=O)[C@H]1OC(n2cnc3c(NCC(F)F)nc(-c4c[nH]nn4)nc32)[C@H](O)[C@@H]1O. The molecule has 1 saturated heterocycles. The summed E-state index contributed by atoms with van der Waals surface area (Å²) in [5.41, 5.74) is 0.464. The van der Waals surface area contributed by atoms with Gasteiger partial charge in [0.15, 0.2) is 35.1 Å². The number of nitrogens with one attached hydrogen (secondary N) is 3. The molecule has 15 heteroatoms. The van der Waals surface area contributed by atoms with E-state index in [0.29, 0.717) is 0 Å². The molecule has 0 radical (unpaired) electrons.